The number of hydrogen-bond acceptors (Lipinski definition) is 2. The summed E-state index contributed by atoms with van der Waals surface area (Å²) in [5, 5.41) is 0. The minimum Gasteiger partial charge on any atom is -0.279 e. The van der Waals surface area contributed by atoms with Gasteiger partial charge < -0.3 is 0 Å². The normalized spacial score (nSPS) is 49.5. The van der Waals surface area contributed by atoms with Crippen molar-refractivity contribution in [1.29, 1.82) is 0 Å². The van der Waals surface area contributed by atoms with Crippen molar-refractivity contribution in [2.45, 2.75) is 44.6 Å². The van der Waals surface area contributed by atoms with Gasteiger partial charge in [-0.2, -0.15) is 0 Å². The molecule has 0 N–H and O–H groups in total. The third-order valence-electron chi connectivity index (χ3n) is 6.64. The molecule has 0 aromatic carbocycles. The lowest BCUT2D eigenvalue weighted by Crippen LogP contribution is -2.42. The molecule has 2 amide bonds. The molecule has 4 fully saturated rings. The Bertz CT molecular complexity index is 483. The van der Waals surface area contributed by atoms with Gasteiger partial charge >= 0.3 is 0 Å². The molecule has 1 aliphatic heterocycles. The molecule has 1 heterocycles. The molecule has 3 heteroatoms. The Hall–Kier alpha value is -1.12. The fourth-order valence-corrected chi connectivity index (χ4v) is 5.68. The molecular weight excluding hydrogens is 250 g/mol. The number of amides is 2. The molecule has 0 spiro atoms. The van der Waals surface area contributed by atoms with E-state index in [0.29, 0.717) is 23.7 Å². The Morgan fingerprint density at radius 2 is 1.40 bits per heavy atom. The number of allylic oxidation sites excluding steroid dienone is 2. The van der Waals surface area contributed by atoms with E-state index in [2.05, 4.69) is 12.2 Å². The van der Waals surface area contributed by atoms with E-state index in [1.54, 1.807) is 4.90 Å². The number of likely N-dealkylation sites (tertiary alicyclic amines) is 1. The highest BCUT2D eigenvalue weighted by Crippen LogP contribution is 2.65. The molecule has 6 atom stereocenters. The highest BCUT2D eigenvalue weighted by Gasteiger charge is 2.67. The largest absolute Gasteiger partial charge is 0.279 e. The highest BCUT2D eigenvalue weighted by molar-refractivity contribution is 6.06. The van der Waals surface area contributed by atoms with Gasteiger partial charge in [0.25, 0.3) is 0 Å². The molecule has 0 radical (unpaired) electrons. The van der Waals surface area contributed by atoms with Crippen molar-refractivity contribution < 1.29 is 9.59 Å². The van der Waals surface area contributed by atoms with Crippen LogP contribution in [0, 0.1) is 35.5 Å². The molecule has 20 heavy (non-hydrogen) atoms. The van der Waals surface area contributed by atoms with E-state index in [4.69, 9.17) is 0 Å². The number of carbonyl (C=O) groups is 2. The molecule has 0 aromatic rings. The zero-order valence-electron chi connectivity index (χ0n) is 11.7. The van der Waals surface area contributed by atoms with Gasteiger partial charge in [-0.05, 0) is 42.9 Å². The van der Waals surface area contributed by atoms with Crippen LogP contribution < -0.4 is 0 Å². The van der Waals surface area contributed by atoms with Crippen molar-refractivity contribution in [2.24, 2.45) is 35.5 Å². The average Bonchev–Trinajstić information content (AvgIpc) is 3.25. The highest BCUT2D eigenvalue weighted by atomic mass is 16.2. The maximum atomic E-state index is 12.9. The number of carbonyl (C=O) groups excluding carboxylic acids is 2. The number of imide groups is 1. The van der Waals surface area contributed by atoms with E-state index in [1.807, 2.05) is 0 Å². The minimum atomic E-state index is 0.00294. The summed E-state index contributed by atoms with van der Waals surface area (Å²) < 4.78 is 0. The van der Waals surface area contributed by atoms with E-state index in [-0.39, 0.29) is 29.7 Å². The quantitative estimate of drug-likeness (QED) is 0.542. The average molecular weight is 271 g/mol. The fourth-order valence-electron chi connectivity index (χ4n) is 5.68. The van der Waals surface area contributed by atoms with Gasteiger partial charge in [0.05, 0.1) is 11.8 Å². The van der Waals surface area contributed by atoms with Crippen LogP contribution in [0.2, 0.25) is 0 Å². The van der Waals surface area contributed by atoms with E-state index in [1.165, 1.54) is 25.7 Å². The van der Waals surface area contributed by atoms with Gasteiger partial charge in [0.2, 0.25) is 11.8 Å². The summed E-state index contributed by atoms with van der Waals surface area (Å²) in [6.45, 7) is 0. The van der Waals surface area contributed by atoms with Crippen molar-refractivity contribution in [3.63, 3.8) is 0 Å². The molecule has 2 bridgehead atoms. The molecule has 6 aliphatic rings. The smallest absolute Gasteiger partial charge is 0.233 e. The molecule has 3 nitrogen and oxygen atoms in total. The maximum absolute atomic E-state index is 12.9. The summed E-state index contributed by atoms with van der Waals surface area (Å²) in [4.78, 5) is 27.5. The second-order valence-electron chi connectivity index (χ2n) is 7.49. The number of hydrogen-bond donors (Lipinski definition) is 0. The molecule has 6 rings (SSSR count). The molecule has 5 aliphatic carbocycles. The summed E-state index contributed by atoms with van der Waals surface area (Å²) in [6, 6.07) is 0.213. The summed E-state index contributed by atoms with van der Waals surface area (Å²) in [6.07, 6.45) is 11.4. The molecule has 106 valence electrons. The van der Waals surface area contributed by atoms with Crippen molar-refractivity contribution in [2.75, 3.05) is 0 Å². The first-order valence-electron chi connectivity index (χ1n) is 8.32. The molecule has 1 saturated heterocycles. The van der Waals surface area contributed by atoms with Gasteiger partial charge in [-0.25, -0.2) is 0 Å². The lowest BCUT2D eigenvalue weighted by atomic mass is 9.63. The van der Waals surface area contributed by atoms with Crippen molar-refractivity contribution in [3.8, 4) is 0 Å². The molecular formula is C17H21NO2. The van der Waals surface area contributed by atoms with Crippen LogP contribution in [0.1, 0.15) is 38.5 Å². The van der Waals surface area contributed by atoms with E-state index in [0.717, 1.165) is 12.8 Å². The number of rotatable bonds is 1. The van der Waals surface area contributed by atoms with Gasteiger partial charge in [-0.1, -0.05) is 31.4 Å². The van der Waals surface area contributed by atoms with Gasteiger partial charge in [0, 0.05) is 6.04 Å². The third-order valence-corrected chi connectivity index (χ3v) is 6.64. The van der Waals surface area contributed by atoms with Crippen LogP contribution in [-0.2, 0) is 9.59 Å². The molecule has 3 saturated carbocycles. The zero-order valence-corrected chi connectivity index (χ0v) is 11.7. The second kappa shape index (κ2) is 3.75. The van der Waals surface area contributed by atoms with Crippen LogP contribution in [0.3, 0.4) is 0 Å². The summed E-state index contributed by atoms with van der Waals surface area (Å²) in [7, 11) is 0. The van der Waals surface area contributed by atoms with Crippen LogP contribution >= 0.6 is 0 Å². The standard InChI is InChI=1S/C17H21NO2/c19-16-14-10-6-7-11(13-8-12(10)13)15(14)17(20)18(16)9-4-2-1-3-5-9/h6-7,9-15H,1-5,8H2/t10-,11-,12-,13-,14-,15+/m0/s1. The van der Waals surface area contributed by atoms with Crippen molar-refractivity contribution in [1.82, 2.24) is 4.90 Å². The summed E-state index contributed by atoms with van der Waals surface area (Å²) in [5.41, 5.74) is 0. The van der Waals surface area contributed by atoms with E-state index >= 15 is 0 Å². The monoisotopic (exact) mass is 271 g/mol. The summed E-state index contributed by atoms with van der Waals surface area (Å²) >= 11 is 0. The van der Waals surface area contributed by atoms with Gasteiger partial charge in [0.1, 0.15) is 0 Å². The Morgan fingerprint density at radius 1 is 0.850 bits per heavy atom. The van der Waals surface area contributed by atoms with Gasteiger partial charge in [-0.15, -0.1) is 0 Å². The predicted octanol–water partition coefficient (Wildman–Crippen LogP) is 2.37. The lowest BCUT2D eigenvalue weighted by molar-refractivity contribution is -0.143. The van der Waals surface area contributed by atoms with Crippen LogP contribution in [0.5, 0.6) is 0 Å². The fraction of sp³-hybridized carbons (Fsp3) is 0.765. The van der Waals surface area contributed by atoms with E-state index < -0.39 is 0 Å². The Morgan fingerprint density at radius 3 is 1.95 bits per heavy atom. The SMILES string of the molecule is O=C1[C@@H]2[C@H]3C=C[C@@H]([C@@H]4C[C@@H]34)[C@@H]2C(=O)N1C1CCCCC1. The topological polar surface area (TPSA) is 37.4 Å². The molecule has 0 aromatic heterocycles. The van der Waals surface area contributed by atoms with Crippen LogP contribution in [-0.4, -0.2) is 22.8 Å². The van der Waals surface area contributed by atoms with Gasteiger partial charge in [-0.3, -0.25) is 14.5 Å². The Labute approximate surface area is 119 Å². The summed E-state index contributed by atoms with van der Waals surface area (Å²) in [5.74, 6) is 2.54. The predicted molar refractivity (Wildman–Crippen MR) is 73.4 cm³/mol. The second-order valence-corrected chi connectivity index (χ2v) is 7.49. The van der Waals surface area contributed by atoms with Crippen molar-refractivity contribution >= 4 is 11.8 Å². The van der Waals surface area contributed by atoms with E-state index in [9.17, 15) is 9.59 Å². The first kappa shape index (κ1) is 11.5. The minimum absolute atomic E-state index is 0.00294. The zero-order chi connectivity index (χ0) is 13.4. The number of nitrogens with zero attached hydrogens (tertiary/aromatic N) is 1. The van der Waals surface area contributed by atoms with Crippen LogP contribution in [0.15, 0.2) is 12.2 Å². The van der Waals surface area contributed by atoms with Crippen LogP contribution in [0.4, 0.5) is 0 Å². The van der Waals surface area contributed by atoms with Crippen molar-refractivity contribution in [3.05, 3.63) is 12.2 Å². The Balaban J connectivity index is 1.50. The van der Waals surface area contributed by atoms with Gasteiger partial charge in [0.15, 0.2) is 0 Å². The Kier molecular flexibility index (Phi) is 2.16. The maximum Gasteiger partial charge on any atom is 0.233 e. The third kappa shape index (κ3) is 1.27. The first-order valence-corrected chi connectivity index (χ1v) is 8.32. The first-order chi connectivity index (χ1) is 9.77. The molecule has 0 unspecified atom stereocenters. The lowest BCUT2D eigenvalue weighted by Gasteiger charge is -2.37. The van der Waals surface area contributed by atoms with Crippen LogP contribution in [0.25, 0.3) is 0 Å².